The van der Waals surface area contributed by atoms with Crippen LogP contribution in [0.3, 0.4) is 0 Å². The molecule has 0 unspecified atom stereocenters. The number of aromatic nitrogens is 1. The third-order valence-electron chi connectivity index (χ3n) is 3.67. The summed E-state index contributed by atoms with van der Waals surface area (Å²) in [6, 6.07) is 15.8. The number of nitrogens with one attached hydrogen (secondary N) is 1. The second-order valence-electron chi connectivity index (χ2n) is 5.61. The average molecular weight is 396 g/mol. The minimum Gasteiger partial charge on any atom is -0.478 e. The van der Waals surface area contributed by atoms with Gasteiger partial charge in [-0.25, -0.2) is 14.2 Å². The molecule has 6 nitrogen and oxygen atoms in total. The number of benzene rings is 2. The molecule has 3 rings (SSSR count). The van der Waals surface area contributed by atoms with E-state index in [1.807, 2.05) is 19.9 Å². The van der Waals surface area contributed by atoms with E-state index in [0.29, 0.717) is 11.3 Å². The Morgan fingerprint density at radius 2 is 1.72 bits per heavy atom. The number of carboxylic acids is 1. The summed E-state index contributed by atoms with van der Waals surface area (Å²) in [4.78, 5) is 27.2. The van der Waals surface area contributed by atoms with Crippen molar-refractivity contribution in [1.82, 2.24) is 10.3 Å². The normalized spacial score (nSPS) is 9.76. The van der Waals surface area contributed by atoms with Crippen molar-refractivity contribution < 1.29 is 23.8 Å². The number of ether oxygens (including phenoxy) is 1. The predicted octanol–water partition coefficient (Wildman–Crippen LogP) is 4.67. The average Bonchev–Trinajstić information content (AvgIpc) is 2.75. The first-order chi connectivity index (χ1) is 14.0. The Kier molecular flexibility index (Phi) is 7.85. The summed E-state index contributed by atoms with van der Waals surface area (Å²) in [6.07, 6.45) is 0.972. The highest BCUT2D eigenvalue weighted by Crippen LogP contribution is 2.23. The van der Waals surface area contributed by atoms with Gasteiger partial charge >= 0.3 is 5.97 Å². The summed E-state index contributed by atoms with van der Waals surface area (Å²) < 4.78 is 19.2. The van der Waals surface area contributed by atoms with Crippen molar-refractivity contribution in [3.8, 4) is 11.6 Å². The van der Waals surface area contributed by atoms with Crippen molar-refractivity contribution in [2.45, 2.75) is 20.4 Å². The maximum Gasteiger partial charge on any atom is 0.335 e. The van der Waals surface area contributed by atoms with E-state index in [1.54, 1.807) is 36.4 Å². The number of nitrogens with zero attached hydrogens (tertiary/aromatic N) is 1. The molecule has 1 amide bonds. The molecule has 0 aliphatic rings. The van der Waals surface area contributed by atoms with Gasteiger partial charge in [-0.15, -0.1) is 0 Å². The fourth-order valence-electron chi connectivity index (χ4n) is 2.31. The van der Waals surface area contributed by atoms with Crippen LogP contribution >= 0.6 is 0 Å². The summed E-state index contributed by atoms with van der Waals surface area (Å²) in [7, 11) is 0. The van der Waals surface area contributed by atoms with Gasteiger partial charge in [-0.2, -0.15) is 0 Å². The zero-order chi connectivity index (χ0) is 21.2. The van der Waals surface area contributed by atoms with Crippen LogP contribution in [-0.4, -0.2) is 22.0 Å². The highest BCUT2D eigenvalue weighted by Gasteiger charge is 2.16. The highest BCUT2D eigenvalue weighted by atomic mass is 19.1. The van der Waals surface area contributed by atoms with Crippen LogP contribution < -0.4 is 10.1 Å². The van der Waals surface area contributed by atoms with E-state index < -0.39 is 17.7 Å². The number of halogens is 1. The fraction of sp³-hybridized carbons (Fsp3) is 0.136. The number of carboxylic acid groups (broad SMARTS) is 1. The van der Waals surface area contributed by atoms with Crippen LogP contribution in [0.2, 0.25) is 0 Å². The summed E-state index contributed by atoms with van der Waals surface area (Å²) >= 11 is 0. The van der Waals surface area contributed by atoms with E-state index in [-0.39, 0.29) is 23.6 Å². The largest absolute Gasteiger partial charge is 0.478 e. The summed E-state index contributed by atoms with van der Waals surface area (Å²) in [5, 5.41) is 11.5. The van der Waals surface area contributed by atoms with Crippen molar-refractivity contribution in [2.24, 2.45) is 0 Å². The number of amides is 1. The molecule has 1 aromatic heterocycles. The van der Waals surface area contributed by atoms with Crippen LogP contribution in [0.1, 0.15) is 40.1 Å². The quantitative estimate of drug-likeness (QED) is 0.632. The molecule has 0 radical (unpaired) electrons. The number of hydrogen-bond acceptors (Lipinski definition) is 4. The number of hydrogen-bond donors (Lipinski definition) is 2. The van der Waals surface area contributed by atoms with Gasteiger partial charge in [0.2, 0.25) is 5.88 Å². The minimum atomic E-state index is -1.03. The molecule has 2 N–H and O–H groups in total. The van der Waals surface area contributed by atoms with E-state index in [2.05, 4.69) is 10.3 Å². The Balaban J connectivity index is 0.00000145. The maximum atomic E-state index is 13.6. The first-order valence-electron chi connectivity index (χ1n) is 9.02. The van der Waals surface area contributed by atoms with Gasteiger partial charge in [-0.3, -0.25) is 4.79 Å². The molecule has 1 heterocycles. The standard InChI is InChI=1S/C20H15FN2O4.C2H6/c21-15-10-17(19(23-12-15)27-16-4-2-1-3-5-16)18(24)22-11-13-6-8-14(9-7-13)20(25)26;1-2/h1-10,12H,11H2,(H,22,24)(H,25,26);1-2H3. The van der Waals surface area contributed by atoms with Crippen molar-refractivity contribution in [1.29, 1.82) is 0 Å². The van der Waals surface area contributed by atoms with Crippen LogP contribution in [0.25, 0.3) is 0 Å². The summed E-state index contributed by atoms with van der Waals surface area (Å²) in [6.45, 7) is 4.14. The number of carbonyl (C=O) groups excluding carboxylic acids is 1. The van der Waals surface area contributed by atoms with E-state index >= 15 is 0 Å². The lowest BCUT2D eigenvalue weighted by molar-refractivity contribution is 0.0696. The molecule has 0 spiro atoms. The van der Waals surface area contributed by atoms with Crippen LogP contribution in [0.5, 0.6) is 11.6 Å². The van der Waals surface area contributed by atoms with Gasteiger partial charge in [0.25, 0.3) is 5.91 Å². The zero-order valence-electron chi connectivity index (χ0n) is 16.1. The minimum absolute atomic E-state index is 0.0127. The summed E-state index contributed by atoms with van der Waals surface area (Å²) in [5.41, 5.74) is 0.808. The number of aromatic carboxylic acids is 1. The third kappa shape index (κ3) is 6.14. The van der Waals surface area contributed by atoms with Crippen LogP contribution in [0.15, 0.2) is 66.9 Å². The van der Waals surface area contributed by atoms with Crippen molar-refractivity contribution in [3.05, 3.63) is 89.4 Å². The first-order valence-corrected chi connectivity index (χ1v) is 9.02. The lowest BCUT2D eigenvalue weighted by atomic mass is 10.1. The SMILES string of the molecule is CC.O=C(O)c1ccc(CNC(=O)c2cc(F)cnc2Oc2ccccc2)cc1. The van der Waals surface area contributed by atoms with Gasteiger partial charge in [-0.05, 0) is 35.9 Å². The second kappa shape index (κ2) is 10.6. The Hall–Kier alpha value is -3.74. The maximum absolute atomic E-state index is 13.6. The van der Waals surface area contributed by atoms with Gasteiger partial charge < -0.3 is 15.2 Å². The number of pyridine rings is 1. The summed E-state index contributed by atoms with van der Waals surface area (Å²) in [5.74, 6) is -1.79. The van der Waals surface area contributed by atoms with Gasteiger partial charge in [0.05, 0.1) is 11.8 Å². The van der Waals surface area contributed by atoms with Crippen molar-refractivity contribution >= 4 is 11.9 Å². The molecular weight excluding hydrogens is 375 g/mol. The molecule has 0 bridgehead atoms. The van der Waals surface area contributed by atoms with Gasteiger partial charge in [-0.1, -0.05) is 44.2 Å². The van der Waals surface area contributed by atoms with Gasteiger partial charge in [0.1, 0.15) is 17.1 Å². The molecule has 0 aliphatic carbocycles. The first kappa shape index (κ1) is 21.6. The zero-order valence-corrected chi connectivity index (χ0v) is 16.1. The molecular formula is C22H21FN2O4. The second-order valence-corrected chi connectivity index (χ2v) is 5.61. The monoisotopic (exact) mass is 396 g/mol. The predicted molar refractivity (Wildman–Crippen MR) is 107 cm³/mol. The highest BCUT2D eigenvalue weighted by molar-refractivity contribution is 5.96. The Bertz CT molecular complexity index is 960. The Labute approximate surface area is 168 Å². The fourth-order valence-corrected chi connectivity index (χ4v) is 2.31. The topological polar surface area (TPSA) is 88.5 Å². The van der Waals surface area contributed by atoms with Crippen LogP contribution in [-0.2, 0) is 6.54 Å². The lowest BCUT2D eigenvalue weighted by Crippen LogP contribution is -2.23. The Morgan fingerprint density at radius 3 is 2.34 bits per heavy atom. The molecule has 150 valence electrons. The lowest BCUT2D eigenvalue weighted by Gasteiger charge is -2.11. The smallest absolute Gasteiger partial charge is 0.335 e. The molecule has 3 aromatic rings. The van der Waals surface area contributed by atoms with E-state index in [9.17, 15) is 14.0 Å². The van der Waals surface area contributed by atoms with Crippen molar-refractivity contribution in [3.63, 3.8) is 0 Å². The van der Waals surface area contributed by atoms with E-state index in [4.69, 9.17) is 9.84 Å². The van der Waals surface area contributed by atoms with Gasteiger partial charge in [0.15, 0.2) is 0 Å². The number of para-hydroxylation sites is 1. The third-order valence-corrected chi connectivity index (χ3v) is 3.67. The number of rotatable bonds is 6. The van der Waals surface area contributed by atoms with Crippen LogP contribution in [0, 0.1) is 5.82 Å². The van der Waals surface area contributed by atoms with Crippen molar-refractivity contribution in [2.75, 3.05) is 0 Å². The van der Waals surface area contributed by atoms with E-state index in [0.717, 1.165) is 12.3 Å². The van der Waals surface area contributed by atoms with E-state index in [1.165, 1.54) is 12.1 Å². The molecule has 29 heavy (non-hydrogen) atoms. The molecule has 0 saturated carbocycles. The Morgan fingerprint density at radius 1 is 1.07 bits per heavy atom. The molecule has 0 saturated heterocycles. The molecule has 0 atom stereocenters. The molecule has 7 heteroatoms. The van der Waals surface area contributed by atoms with Crippen LogP contribution in [0.4, 0.5) is 4.39 Å². The molecule has 0 fully saturated rings. The van der Waals surface area contributed by atoms with Gasteiger partial charge in [0, 0.05) is 6.54 Å². The molecule has 2 aromatic carbocycles. The number of carbonyl (C=O) groups is 2. The molecule has 0 aliphatic heterocycles.